The molecule has 0 fully saturated rings. The fourth-order valence-corrected chi connectivity index (χ4v) is 2.19. The minimum Gasteiger partial charge on any atom is -0.453 e. The molecule has 0 aliphatic carbocycles. The summed E-state index contributed by atoms with van der Waals surface area (Å²) in [7, 11) is 0. The van der Waals surface area contributed by atoms with Crippen molar-refractivity contribution in [1.82, 2.24) is 10.3 Å². The van der Waals surface area contributed by atoms with Crippen LogP contribution in [0.5, 0.6) is 0 Å². The Morgan fingerprint density at radius 1 is 1.10 bits per heavy atom. The lowest BCUT2D eigenvalue weighted by Gasteiger charge is -2.19. The van der Waals surface area contributed by atoms with Gasteiger partial charge in [-0.05, 0) is 32.9 Å². The summed E-state index contributed by atoms with van der Waals surface area (Å²) in [6, 6.07) is 9.90. The number of aromatic nitrogens is 1. The molecule has 0 bridgehead atoms. The van der Waals surface area contributed by atoms with Gasteiger partial charge in [0.2, 0.25) is 0 Å². The Morgan fingerprint density at radius 2 is 1.90 bits per heavy atom. The smallest absolute Gasteiger partial charge is 0.196 e. The molecule has 2 aromatic heterocycles. The molecule has 110 valence electrons. The highest BCUT2D eigenvalue weighted by Crippen LogP contribution is 2.28. The summed E-state index contributed by atoms with van der Waals surface area (Å²) in [5.74, 6) is 2.12. The van der Waals surface area contributed by atoms with Crippen LogP contribution < -0.4 is 5.32 Å². The topological polar surface area (TPSA) is 51.2 Å². The van der Waals surface area contributed by atoms with Gasteiger partial charge in [0.05, 0.1) is 6.20 Å². The number of fused-ring (bicyclic) bond motifs is 1. The minimum absolute atomic E-state index is 0.105. The Kier molecular flexibility index (Phi) is 3.55. The first-order valence-electron chi connectivity index (χ1n) is 7.20. The summed E-state index contributed by atoms with van der Waals surface area (Å²) in [4.78, 5) is 4.32. The van der Waals surface area contributed by atoms with Crippen LogP contribution in [0, 0.1) is 0 Å². The van der Waals surface area contributed by atoms with Crippen LogP contribution >= 0.6 is 0 Å². The van der Waals surface area contributed by atoms with E-state index in [1.807, 2.05) is 30.3 Å². The second-order valence-electron chi connectivity index (χ2n) is 6.19. The van der Waals surface area contributed by atoms with Crippen molar-refractivity contribution in [2.24, 2.45) is 0 Å². The monoisotopic (exact) mass is 284 g/mol. The number of hydrogen-bond acceptors (Lipinski definition) is 4. The van der Waals surface area contributed by atoms with Gasteiger partial charge in [0, 0.05) is 23.9 Å². The molecule has 0 atom stereocenters. The third kappa shape index (κ3) is 3.34. The van der Waals surface area contributed by atoms with Gasteiger partial charge < -0.3 is 14.2 Å². The van der Waals surface area contributed by atoms with Gasteiger partial charge in [-0.25, -0.2) is 4.98 Å². The first-order valence-corrected chi connectivity index (χ1v) is 7.20. The van der Waals surface area contributed by atoms with Gasteiger partial charge >= 0.3 is 0 Å². The highest BCUT2D eigenvalue weighted by molar-refractivity contribution is 5.81. The molecule has 21 heavy (non-hydrogen) atoms. The van der Waals surface area contributed by atoms with E-state index in [1.54, 1.807) is 6.20 Å². The normalized spacial score (nSPS) is 12.1. The lowest BCUT2D eigenvalue weighted by atomic mass is 10.1. The van der Waals surface area contributed by atoms with Crippen molar-refractivity contribution in [3.8, 4) is 11.5 Å². The molecule has 0 saturated heterocycles. The quantitative estimate of drug-likeness (QED) is 0.786. The molecule has 0 radical (unpaired) electrons. The Hall–Kier alpha value is -2.07. The molecule has 1 N–H and O–H groups in total. The van der Waals surface area contributed by atoms with E-state index in [1.165, 1.54) is 0 Å². The van der Waals surface area contributed by atoms with Crippen molar-refractivity contribution in [3.05, 3.63) is 42.4 Å². The predicted octanol–water partition coefficient (Wildman–Crippen LogP) is 4.02. The first-order chi connectivity index (χ1) is 10.0. The van der Waals surface area contributed by atoms with Crippen molar-refractivity contribution >= 4 is 11.0 Å². The summed E-state index contributed by atoms with van der Waals surface area (Å²) in [5, 5.41) is 4.49. The molecule has 1 aromatic carbocycles. The van der Waals surface area contributed by atoms with Gasteiger partial charge in [-0.3, -0.25) is 0 Å². The summed E-state index contributed by atoms with van der Waals surface area (Å²) in [5.41, 5.74) is 0.966. The van der Waals surface area contributed by atoms with Crippen LogP contribution in [0.2, 0.25) is 0 Å². The second-order valence-corrected chi connectivity index (χ2v) is 6.19. The van der Waals surface area contributed by atoms with Crippen molar-refractivity contribution < 1.29 is 8.83 Å². The Bertz CT molecular complexity index is 701. The minimum atomic E-state index is 0.105. The average Bonchev–Trinajstić information content (AvgIpc) is 3.02. The fourth-order valence-electron chi connectivity index (χ4n) is 2.19. The molecule has 3 rings (SSSR count). The van der Waals surface area contributed by atoms with E-state index < -0.39 is 0 Å². The summed E-state index contributed by atoms with van der Waals surface area (Å²) < 4.78 is 11.5. The molecule has 4 heteroatoms. The zero-order chi connectivity index (χ0) is 14.9. The number of rotatable bonds is 4. The van der Waals surface area contributed by atoms with Crippen molar-refractivity contribution in [1.29, 1.82) is 0 Å². The van der Waals surface area contributed by atoms with Gasteiger partial charge in [-0.1, -0.05) is 18.2 Å². The molecule has 3 aromatic rings. The van der Waals surface area contributed by atoms with E-state index in [-0.39, 0.29) is 5.54 Å². The van der Waals surface area contributed by atoms with Gasteiger partial charge in [0.1, 0.15) is 5.58 Å². The van der Waals surface area contributed by atoms with Crippen LogP contribution in [-0.2, 0) is 6.42 Å². The Morgan fingerprint density at radius 3 is 2.67 bits per heavy atom. The van der Waals surface area contributed by atoms with E-state index in [0.717, 1.165) is 35.6 Å². The first kappa shape index (κ1) is 13.9. The van der Waals surface area contributed by atoms with Crippen LogP contribution in [0.4, 0.5) is 0 Å². The molecule has 0 spiro atoms. The third-order valence-electron chi connectivity index (χ3n) is 3.22. The van der Waals surface area contributed by atoms with Crippen molar-refractivity contribution in [2.75, 3.05) is 6.54 Å². The molecular formula is C17H20N2O2. The number of oxazole rings is 1. The maximum absolute atomic E-state index is 5.78. The molecular weight excluding hydrogens is 264 g/mol. The van der Waals surface area contributed by atoms with Crippen LogP contribution in [0.3, 0.4) is 0 Å². The summed E-state index contributed by atoms with van der Waals surface area (Å²) >= 11 is 0. The lowest BCUT2D eigenvalue weighted by Crippen LogP contribution is -2.37. The number of nitrogens with one attached hydrogen (secondary N) is 1. The van der Waals surface area contributed by atoms with Gasteiger partial charge in [0.15, 0.2) is 17.4 Å². The van der Waals surface area contributed by atoms with E-state index in [0.29, 0.717) is 5.76 Å². The second kappa shape index (κ2) is 5.37. The number of benzene rings is 1. The molecule has 0 aliphatic rings. The molecule has 0 unspecified atom stereocenters. The van der Waals surface area contributed by atoms with E-state index in [9.17, 15) is 0 Å². The number of nitrogens with zero attached hydrogens (tertiary/aromatic N) is 1. The zero-order valence-electron chi connectivity index (χ0n) is 12.6. The van der Waals surface area contributed by atoms with Gasteiger partial charge in [-0.15, -0.1) is 0 Å². The van der Waals surface area contributed by atoms with Crippen LogP contribution in [0.25, 0.3) is 22.5 Å². The summed E-state index contributed by atoms with van der Waals surface area (Å²) in [6.45, 7) is 7.26. The predicted molar refractivity (Wildman–Crippen MR) is 83.2 cm³/mol. The average molecular weight is 284 g/mol. The number of para-hydroxylation sites is 1. The number of furan rings is 1. The van der Waals surface area contributed by atoms with Crippen LogP contribution in [0.15, 0.2) is 45.4 Å². The highest BCUT2D eigenvalue weighted by Gasteiger charge is 2.13. The van der Waals surface area contributed by atoms with Gasteiger partial charge in [0.25, 0.3) is 0 Å². The maximum atomic E-state index is 5.78. The van der Waals surface area contributed by atoms with E-state index in [2.05, 4.69) is 31.1 Å². The fraction of sp³-hybridized carbons (Fsp3) is 0.353. The van der Waals surface area contributed by atoms with Gasteiger partial charge in [-0.2, -0.15) is 0 Å². The SMILES string of the molecule is CC(C)(C)NCCc1ncc(-c2cc3ccccc3o2)o1. The van der Waals surface area contributed by atoms with Crippen LogP contribution in [0.1, 0.15) is 26.7 Å². The summed E-state index contributed by atoms with van der Waals surface area (Å²) in [6.07, 6.45) is 2.49. The maximum Gasteiger partial charge on any atom is 0.196 e. The molecule has 0 aliphatic heterocycles. The standard InChI is InChI=1S/C17H20N2O2/c1-17(2,3)19-9-8-16-18-11-15(21-16)14-10-12-6-4-5-7-13(12)20-14/h4-7,10-11,19H,8-9H2,1-3H3. The van der Waals surface area contributed by atoms with E-state index >= 15 is 0 Å². The van der Waals surface area contributed by atoms with Crippen molar-refractivity contribution in [3.63, 3.8) is 0 Å². The number of hydrogen-bond donors (Lipinski definition) is 1. The highest BCUT2D eigenvalue weighted by atomic mass is 16.4. The van der Waals surface area contributed by atoms with Crippen LogP contribution in [-0.4, -0.2) is 17.1 Å². The molecule has 2 heterocycles. The lowest BCUT2D eigenvalue weighted by molar-refractivity contribution is 0.410. The molecule has 0 amide bonds. The Labute approximate surface area is 124 Å². The molecule has 4 nitrogen and oxygen atoms in total. The Balaban J connectivity index is 1.72. The zero-order valence-corrected chi connectivity index (χ0v) is 12.6. The van der Waals surface area contributed by atoms with Crippen molar-refractivity contribution in [2.45, 2.75) is 32.7 Å². The van der Waals surface area contributed by atoms with E-state index in [4.69, 9.17) is 8.83 Å². The molecule has 0 saturated carbocycles. The third-order valence-corrected chi connectivity index (χ3v) is 3.22. The largest absolute Gasteiger partial charge is 0.453 e.